The van der Waals surface area contributed by atoms with Crippen LogP contribution in [0.2, 0.25) is 0 Å². The second-order valence-electron chi connectivity index (χ2n) is 3.80. The SMILES string of the molecule is [O-][S+](Cc1ccccn1)c1ccccc1C(F)(F)F. The summed E-state index contributed by atoms with van der Waals surface area (Å²) < 4.78 is 50.4. The molecule has 0 aliphatic heterocycles. The largest absolute Gasteiger partial charge is 0.611 e. The van der Waals surface area contributed by atoms with E-state index in [1.807, 2.05) is 0 Å². The van der Waals surface area contributed by atoms with Gasteiger partial charge in [0.15, 0.2) is 10.6 Å². The van der Waals surface area contributed by atoms with Crippen molar-refractivity contribution in [1.29, 1.82) is 0 Å². The summed E-state index contributed by atoms with van der Waals surface area (Å²) in [5.41, 5.74) is -0.359. The smallest absolute Gasteiger partial charge is 0.421 e. The van der Waals surface area contributed by atoms with E-state index in [0.29, 0.717) is 5.69 Å². The lowest BCUT2D eigenvalue weighted by Crippen LogP contribution is -2.14. The van der Waals surface area contributed by atoms with E-state index in [9.17, 15) is 17.7 Å². The van der Waals surface area contributed by atoms with Crippen molar-refractivity contribution in [3.63, 3.8) is 0 Å². The van der Waals surface area contributed by atoms with Gasteiger partial charge in [-0.15, -0.1) is 0 Å². The summed E-state index contributed by atoms with van der Waals surface area (Å²) >= 11 is -1.77. The lowest BCUT2D eigenvalue weighted by molar-refractivity contribution is -0.139. The highest BCUT2D eigenvalue weighted by atomic mass is 32.2. The van der Waals surface area contributed by atoms with Gasteiger partial charge in [-0.1, -0.05) is 18.2 Å². The molecular formula is C13H10F3NOS. The van der Waals surface area contributed by atoms with Crippen molar-refractivity contribution in [2.75, 3.05) is 0 Å². The van der Waals surface area contributed by atoms with Crippen molar-refractivity contribution in [2.24, 2.45) is 0 Å². The first-order valence-corrected chi connectivity index (χ1v) is 6.75. The first-order valence-electron chi connectivity index (χ1n) is 5.43. The number of pyridine rings is 1. The predicted octanol–water partition coefficient (Wildman–Crippen LogP) is 3.41. The second-order valence-corrected chi connectivity index (χ2v) is 5.22. The Kier molecular flexibility index (Phi) is 4.11. The molecule has 2 rings (SSSR count). The lowest BCUT2D eigenvalue weighted by atomic mass is 10.2. The van der Waals surface area contributed by atoms with Crippen LogP contribution in [0.4, 0.5) is 13.2 Å². The molecule has 19 heavy (non-hydrogen) atoms. The van der Waals surface area contributed by atoms with E-state index < -0.39 is 22.9 Å². The minimum Gasteiger partial charge on any atom is -0.611 e. The summed E-state index contributed by atoms with van der Waals surface area (Å²) in [7, 11) is 0. The molecule has 0 aliphatic rings. The third kappa shape index (κ3) is 3.48. The average molecular weight is 285 g/mol. The van der Waals surface area contributed by atoms with Crippen LogP contribution in [0.25, 0.3) is 0 Å². The Morgan fingerprint density at radius 2 is 1.74 bits per heavy atom. The van der Waals surface area contributed by atoms with Gasteiger partial charge in [0.2, 0.25) is 0 Å². The molecule has 2 aromatic rings. The third-order valence-electron chi connectivity index (χ3n) is 2.44. The van der Waals surface area contributed by atoms with E-state index in [-0.39, 0.29) is 10.6 Å². The Hall–Kier alpha value is -1.53. The number of benzene rings is 1. The molecule has 0 amide bonds. The van der Waals surface area contributed by atoms with Crippen LogP contribution in [0, 0.1) is 0 Å². The molecule has 0 saturated heterocycles. The average Bonchev–Trinajstić information content (AvgIpc) is 2.39. The van der Waals surface area contributed by atoms with Crippen molar-refractivity contribution < 1.29 is 17.7 Å². The Morgan fingerprint density at radius 3 is 2.37 bits per heavy atom. The van der Waals surface area contributed by atoms with Crippen LogP contribution >= 0.6 is 0 Å². The van der Waals surface area contributed by atoms with E-state index in [2.05, 4.69) is 4.98 Å². The standard InChI is InChI=1S/C13H10F3NOS/c14-13(15,16)11-6-1-2-7-12(11)19(18)9-10-5-3-4-8-17-10/h1-8H,9H2. The van der Waals surface area contributed by atoms with Crippen molar-refractivity contribution in [3.05, 3.63) is 59.9 Å². The molecule has 1 unspecified atom stereocenters. The molecule has 6 heteroatoms. The van der Waals surface area contributed by atoms with Crippen LogP contribution in [-0.4, -0.2) is 9.54 Å². The molecule has 0 radical (unpaired) electrons. The Balaban J connectivity index is 2.27. The maximum absolute atomic E-state index is 12.8. The number of nitrogens with zero attached hydrogens (tertiary/aromatic N) is 1. The maximum Gasteiger partial charge on any atom is 0.421 e. The van der Waals surface area contributed by atoms with Crippen molar-refractivity contribution in [1.82, 2.24) is 4.98 Å². The summed E-state index contributed by atoms with van der Waals surface area (Å²) in [5.74, 6) is -0.0338. The van der Waals surface area contributed by atoms with Gasteiger partial charge < -0.3 is 4.55 Å². The summed E-state index contributed by atoms with van der Waals surface area (Å²) in [4.78, 5) is 3.75. The molecule has 1 heterocycles. The van der Waals surface area contributed by atoms with E-state index in [0.717, 1.165) is 6.07 Å². The quantitative estimate of drug-likeness (QED) is 0.810. The number of alkyl halides is 3. The van der Waals surface area contributed by atoms with E-state index in [4.69, 9.17) is 0 Å². The molecular weight excluding hydrogens is 275 g/mol. The highest BCUT2D eigenvalue weighted by Crippen LogP contribution is 2.34. The van der Waals surface area contributed by atoms with Crippen LogP contribution in [0.3, 0.4) is 0 Å². The fraction of sp³-hybridized carbons (Fsp3) is 0.154. The van der Waals surface area contributed by atoms with Crippen LogP contribution in [0.5, 0.6) is 0 Å². The fourth-order valence-electron chi connectivity index (χ4n) is 1.59. The predicted molar refractivity (Wildman–Crippen MR) is 65.8 cm³/mol. The number of aromatic nitrogens is 1. The summed E-state index contributed by atoms with van der Waals surface area (Å²) in [6, 6.07) is 9.93. The van der Waals surface area contributed by atoms with E-state index in [1.54, 1.807) is 18.2 Å². The molecule has 0 fully saturated rings. The van der Waals surface area contributed by atoms with Crippen molar-refractivity contribution >= 4 is 11.2 Å². The van der Waals surface area contributed by atoms with Gasteiger partial charge in [-0.2, -0.15) is 13.2 Å². The summed E-state index contributed by atoms with van der Waals surface area (Å²) in [5, 5.41) is 0. The number of hydrogen-bond acceptors (Lipinski definition) is 2. The normalized spacial score (nSPS) is 13.3. The van der Waals surface area contributed by atoms with Crippen LogP contribution < -0.4 is 0 Å². The third-order valence-corrected chi connectivity index (χ3v) is 3.85. The maximum atomic E-state index is 12.8. The zero-order chi connectivity index (χ0) is 13.9. The van der Waals surface area contributed by atoms with Gasteiger partial charge in [-0.05, 0) is 35.4 Å². The first kappa shape index (κ1) is 13.9. The summed E-state index contributed by atoms with van der Waals surface area (Å²) in [6.07, 6.45) is -2.99. The highest BCUT2D eigenvalue weighted by Gasteiger charge is 2.37. The van der Waals surface area contributed by atoms with Crippen LogP contribution in [-0.2, 0) is 23.1 Å². The topological polar surface area (TPSA) is 36.0 Å². The van der Waals surface area contributed by atoms with Crippen LogP contribution in [0.15, 0.2) is 53.6 Å². The Bertz CT molecular complexity index is 545. The molecule has 0 saturated carbocycles. The molecule has 2 nitrogen and oxygen atoms in total. The van der Waals surface area contributed by atoms with Gasteiger partial charge in [-0.25, -0.2) is 0 Å². The van der Waals surface area contributed by atoms with Gasteiger partial charge in [0.1, 0.15) is 5.56 Å². The van der Waals surface area contributed by atoms with Gasteiger partial charge in [0, 0.05) is 6.20 Å². The lowest BCUT2D eigenvalue weighted by Gasteiger charge is -2.15. The van der Waals surface area contributed by atoms with Crippen LogP contribution in [0.1, 0.15) is 11.3 Å². The van der Waals surface area contributed by atoms with Gasteiger partial charge in [0.25, 0.3) is 0 Å². The van der Waals surface area contributed by atoms with Gasteiger partial charge in [0.05, 0.1) is 5.69 Å². The number of halogens is 3. The zero-order valence-corrected chi connectivity index (χ0v) is 10.5. The molecule has 100 valence electrons. The van der Waals surface area contributed by atoms with Crippen molar-refractivity contribution in [2.45, 2.75) is 16.8 Å². The fourth-order valence-corrected chi connectivity index (χ4v) is 2.85. The number of rotatable bonds is 3. The van der Waals surface area contributed by atoms with E-state index in [1.165, 1.54) is 24.4 Å². The summed E-state index contributed by atoms with van der Waals surface area (Å²) in [6.45, 7) is 0. The molecule has 1 aromatic carbocycles. The Labute approximate surface area is 111 Å². The van der Waals surface area contributed by atoms with E-state index >= 15 is 0 Å². The zero-order valence-electron chi connectivity index (χ0n) is 9.72. The monoisotopic (exact) mass is 285 g/mol. The minimum atomic E-state index is -4.50. The highest BCUT2D eigenvalue weighted by molar-refractivity contribution is 7.90. The molecule has 0 aliphatic carbocycles. The minimum absolute atomic E-state index is 0.0338. The molecule has 0 bridgehead atoms. The van der Waals surface area contributed by atoms with Gasteiger partial charge in [-0.3, -0.25) is 4.98 Å². The molecule has 0 N–H and O–H groups in total. The molecule has 1 atom stereocenters. The first-order chi connectivity index (χ1) is 8.98. The Morgan fingerprint density at radius 1 is 1.05 bits per heavy atom. The van der Waals surface area contributed by atoms with Crippen molar-refractivity contribution in [3.8, 4) is 0 Å². The molecule has 1 aromatic heterocycles. The molecule has 0 spiro atoms. The second kappa shape index (κ2) is 5.63. The number of hydrogen-bond donors (Lipinski definition) is 0. The van der Waals surface area contributed by atoms with Gasteiger partial charge >= 0.3 is 6.18 Å².